The highest BCUT2D eigenvalue weighted by atomic mass is 15.3. The van der Waals surface area contributed by atoms with Gasteiger partial charge < -0.3 is 19.6 Å². The van der Waals surface area contributed by atoms with Gasteiger partial charge in [0.2, 0.25) is 0 Å². The van der Waals surface area contributed by atoms with E-state index in [0.717, 1.165) is 57.7 Å². The highest BCUT2D eigenvalue weighted by Crippen LogP contribution is 2.28. The van der Waals surface area contributed by atoms with Crippen molar-refractivity contribution < 1.29 is 0 Å². The standard InChI is InChI=1S/C23H38N6/c1-19(2)27-13-7-21(8-14-27)26(3)23(20(17-24)18-25)29-15-9-22(10-16-29)28-11-5-4-6-12-28/h19,21-22H,4-16H2,1-3H3. The van der Waals surface area contributed by atoms with E-state index < -0.39 is 0 Å². The molecule has 3 rings (SSSR count). The van der Waals surface area contributed by atoms with E-state index in [0.29, 0.717) is 18.1 Å². The van der Waals surface area contributed by atoms with Crippen LogP contribution in [-0.2, 0) is 0 Å². The molecule has 3 heterocycles. The lowest BCUT2D eigenvalue weighted by molar-refractivity contribution is 0.0712. The van der Waals surface area contributed by atoms with Crippen molar-refractivity contribution in [1.29, 1.82) is 10.5 Å². The number of nitrogens with zero attached hydrogens (tertiary/aromatic N) is 6. The molecule has 3 aliphatic rings. The Bertz CT molecular complexity index is 619. The Hall–Kier alpha value is -1.76. The predicted octanol–water partition coefficient (Wildman–Crippen LogP) is 3.00. The Balaban J connectivity index is 1.67. The minimum atomic E-state index is 0.273. The summed E-state index contributed by atoms with van der Waals surface area (Å²) in [5, 5.41) is 19.3. The molecule has 0 saturated carbocycles. The zero-order valence-corrected chi connectivity index (χ0v) is 18.6. The second-order valence-corrected chi connectivity index (χ2v) is 9.21. The van der Waals surface area contributed by atoms with Gasteiger partial charge in [0.15, 0.2) is 5.57 Å². The van der Waals surface area contributed by atoms with Gasteiger partial charge in [-0.15, -0.1) is 0 Å². The summed E-state index contributed by atoms with van der Waals surface area (Å²) in [4.78, 5) is 9.76. The van der Waals surface area contributed by atoms with Crippen molar-refractivity contribution in [3.8, 4) is 12.1 Å². The Morgan fingerprint density at radius 2 is 1.45 bits per heavy atom. The molecule has 0 amide bonds. The molecule has 3 saturated heterocycles. The van der Waals surface area contributed by atoms with E-state index >= 15 is 0 Å². The van der Waals surface area contributed by atoms with Crippen LogP contribution in [0.5, 0.6) is 0 Å². The molecule has 0 radical (unpaired) electrons. The van der Waals surface area contributed by atoms with E-state index in [1.807, 2.05) is 0 Å². The van der Waals surface area contributed by atoms with Gasteiger partial charge in [-0.25, -0.2) is 0 Å². The summed E-state index contributed by atoms with van der Waals surface area (Å²) in [6.45, 7) is 11.1. The summed E-state index contributed by atoms with van der Waals surface area (Å²) < 4.78 is 0. The van der Waals surface area contributed by atoms with E-state index in [9.17, 15) is 10.5 Å². The smallest absolute Gasteiger partial charge is 0.169 e. The molecule has 160 valence electrons. The van der Waals surface area contributed by atoms with Crippen LogP contribution >= 0.6 is 0 Å². The van der Waals surface area contributed by atoms with Crippen LogP contribution in [0.25, 0.3) is 0 Å². The lowest BCUT2D eigenvalue weighted by atomic mass is 9.98. The highest BCUT2D eigenvalue weighted by molar-refractivity contribution is 5.39. The van der Waals surface area contributed by atoms with Gasteiger partial charge in [-0.2, -0.15) is 10.5 Å². The first-order chi connectivity index (χ1) is 14.0. The molecule has 0 N–H and O–H groups in total. The van der Waals surface area contributed by atoms with Crippen molar-refractivity contribution in [3.63, 3.8) is 0 Å². The van der Waals surface area contributed by atoms with Crippen LogP contribution in [0.1, 0.15) is 58.8 Å². The predicted molar refractivity (Wildman–Crippen MR) is 116 cm³/mol. The van der Waals surface area contributed by atoms with Crippen LogP contribution in [-0.4, -0.2) is 84.0 Å². The first kappa shape index (κ1) is 21.9. The van der Waals surface area contributed by atoms with Gasteiger partial charge in [0.05, 0.1) is 0 Å². The summed E-state index contributed by atoms with van der Waals surface area (Å²) in [7, 11) is 2.09. The van der Waals surface area contributed by atoms with E-state index in [4.69, 9.17) is 0 Å². The summed E-state index contributed by atoms with van der Waals surface area (Å²) in [6, 6.07) is 6.02. The van der Waals surface area contributed by atoms with Gasteiger partial charge in [0.1, 0.15) is 18.0 Å². The van der Waals surface area contributed by atoms with Crippen molar-refractivity contribution in [2.45, 2.75) is 76.9 Å². The maximum Gasteiger partial charge on any atom is 0.169 e. The zero-order valence-electron chi connectivity index (χ0n) is 18.6. The molecule has 0 aromatic carbocycles. The summed E-state index contributed by atoms with van der Waals surface area (Å²) >= 11 is 0. The van der Waals surface area contributed by atoms with Crippen LogP contribution < -0.4 is 0 Å². The number of hydrogen-bond donors (Lipinski definition) is 0. The van der Waals surface area contributed by atoms with Crippen LogP contribution in [0.2, 0.25) is 0 Å². The first-order valence-electron chi connectivity index (χ1n) is 11.6. The maximum atomic E-state index is 9.64. The molecule has 6 heteroatoms. The van der Waals surface area contributed by atoms with Crippen molar-refractivity contribution in [2.75, 3.05) is 46.3 Å². The topological polar surface area (TPSA) is 60.5 Å². The number of nitriles is 2. The average Bonchev–Trinajstić information content (AvgIpc) is 2.78. The van der Waals surface area contributed by atoms with Crippen molar-refractivity contribution in [3.05, 3.63) is 11.4 Å². The van der Waals surface area contributed by atoms with Gasteiger partial charge in [-0.05, 0) is 65.5 Å². The molecule has 0 atom stereocenters. The lowest BCUT2D eigenvalue weighted by Crippen LogP contribution is -2.51. The molecule has 3 fully saturated rings. The largest absolute Gasteiger partial charge is 0.357 e. The molecule has 0 aromatic rings. The Morgan fingerprint density at radius 1 is 0.862 bits per heavy atom. The highest BCUT2D eigenvalue weighted by Gasteiger charge is 2.32. The number of likely N-dealkylation sites (tertiary alicyclic amines) is 3. The quantitative estimate of drug-likeness (QED) is 0.664. The molecule has 0 unspecified atom stereocenters. The zero-order chi connectivity index (χ0) is 20.8. The fraction of sp³-hybridized carbons (Fsp3) is 0.826. The van der Waals surface area contributed by atoms with Crippen molar-refractivity contribution in [1.82, 2.24) is 19.6 Å². The minimum absolute atomic E-state index is 0.273. The molecule has 0 aliphatic carbocycles. The van der Waals surface area contributed by atoms with Gasteiger partial charge in [0, 0.05) is 51.4 Å². The van der Waals surface area contributed by atoms with E-state index in [1.54, 1.807) is 0 Å². The third-order valence-corrected chi connectivity index (χ3v) is 7.23. The third kappa shape index (κ3) is 5.24. The Labute approximate surface area is 177 Å². The lowest BCUT2D eigenvalue weighted by Gasteiger charge is -2.46. The molecule has 29 heavy (non-hydrogen) atoms. The summed E-state index contributed by atoms with van der Waals surface area (Å²) in [5.41, 5.74) is 0.273. The van der Waals surface area contributed by atoms with Crippen LogP contribution in [0.15, 0.2) is 11.4 Å². The van der Waals surface area contributed by atoms with E-state index in [2.05, 4.69) is 52.6 Å². The van der Waals surface area contributed by atoms with Crippen LogP contribution in [0.4, 0.5) is 0 Å². The fourth-order valence-corrected chi connectivity index (χ4v) is 5.37. The third-order valence-electron chi connectivity index (χ3n) is 7.23. The second kappa shape index (κ2) is 10.3. The molecule has 3 aliphatic heterocycles. The van der Waals surface area contributed by atoms with E-state index in [-0.39, 0.29) is 5.57 Å². The van der Waals surface area contributed by atoms with Crippen LogP contribution in [0, 0.1) is 22.7 Å². The first-order valence-corrected chi connectivity index (χ1v) is 11.6. The Morgan fingerprint density at radius 3 is 1.97 bits per heavy atom. The van der Waals surface area contributed by atoms with Gasteiger partial charge >= 0.3 is 0 Å². The minimum Gasteiger partial charge on any atom is -0.357 e. The monoisotopic (exact) mass is 398 g/mol. The molecule has 0 bridgehead atoms. The normalized spacial score (nSPS) is 22.9. The summed E-state index contributed by atoms with van der Waals surface area (Å²) in [6.07, 6.45) is 8.47. The van der Waals surface area contributed by atoms with Crippen LogP contribution in [0.3, 0.4) is 0 Å². The SMILES string of the molecule is CC(C)N1CCC(N(C)C(=C(C#N)C#N)N2CCC(N3CCCCC3)CC2)CC1. The molecule has 6 nitrogen and oxygen atoms in total. The van der Waals surface area contributed by atoms with Gasteiger partial charge in [-0.3, -0.25) is 0 Å². The maximum absolute atomic E-state index is 9.64. The molecular weight excluding hydrogens is 360 g/mol. The van der Waals surface area contributed by atoms with Gasteiger partial charge in [-0.1, -0.05) is 6.42 Å². The number of piperidine rings is 3. The number of allylic oxidation sites excluding steroid dienone is 1. The number of hydrogen-bond acceptors (Lipinski definition) is 6. The van der Waals surface area contributed by atoms with Crippen molar-refractivity contribution >= 4 is 0 Å². The molecular formula is C23H38N6. The average molecular weight is 399 g/mol. The second-order valence-electron chi connectivity index (χ2n) is 9.21. The van der Waals surface area contributed by atoms with Crippen molar-refractivity contribution in [2.24, 2.45) is 0 Å². The van der Waals surface area contributed by atoms with Gasteiger partial charge in [0.25, 0.3) is 0 Å². The van der Waals surface area contributed by atoms with E-state index in [1.165, 1.54) is 32.4 Å². The molecule has 0 aromatic heterocycles. The summed E-state index contributed by atoms with van der Waals surface area (Å²) in [5.74, 6) is 0.870. The molecule has 0 spiro atoms. The number of rotatable bonds is 5. The Kier molecular flexibility index (Phi) is 7.81. The fourth-order valence-electron chi connectivity index (χ4n) is 5.37.